The van der Waals surface area contributed by atoms with Gasteiger partial charge in [-0.15, -0.1) is 10.2 Å². The van der Waals surface area contributed by atoms with Gasteiger partial charge in [-0.25, -0.2) is 8.78 Å². The van der Waals surface area contributed by atoms with Gasteiger partial charge in [-0.1, -0.05) is 29.5 Å². The smallest absolute Gasteiger partial charge is 0.291 e. The van der Waals surface area contributed by atoms with Gasteiger partial charge in [0.1, 0.15) is 5.75 Å². The molecule has 106 valence electrons. The molecule has 1 unspecified atom stereocenters. The number of hydrogen-bond donors (Lipinski definition) is 1. The summed E-state index contributed by atoms with van der Waals surface area (Å²) in [7, 11) is 0. The molecule has 1 heterocycles. The van der Waals surface area contributed by atoms with Crippen molar-refractivity contribution >= 4 is 22.4 Å². The fourth-order valence-corrected chi connectivity index (χ4v) is 1.94. The van der Waals surface area contributed by atoms with Gasteiger partial charge in [0.25, 0.3) is 12.3 Å². The molecule has 2 aromatic rings. The maximum atomic E-state index is 12.3. The van der Waals surface area contributed by atoms with Gasteiger partial charge in [0.2, 0.25) is 5.13 Å². The highest BCUT2D eigenvalue weighted by molar-refractivity contribution is 7.15. The molecule has 0 aliphatic carbocycles. The number of rotatable bonds is 5. The minimum absolute atomic E-state index is 0.0220. The first kappa shape index (κ1) is 14.3. The van der Waals surface area contributed by atoms with E-state index in [2.05, 4.69) is 15.5 Å². The van der Waals surface area contributed by atoms with Crippen molar-refractivity contribution in [2.24, 2.45) is 0 Å². The number of nitrogens with zero attached hydrogens (tertiary/aromatic N) is 2. The molecule has 0 bridgehead atoms. The van der Waals surface area contributed by atoms with E-state index in [4.69, 9.17) is 4.74 Å². The summed E-state index contributed by atoms with van der Waals surface area (Å²) < 4.78 is 30.1. The molecule has 1 amide bonds. The van der Waals surface area contributed by atoms with Crippen LogP contribution in [0.2, 0.25) is 0 Å². The highest BCUT2D eigenvalue weighted by Gasteiger charge is 2.19. The average molecular weight is 299 g/mol. The van der Waals surface area contributed by atoms with Crippen LogP contribution in [0, 0.1) is 0 Å². The Balaban J connectivity index is 1.93. The molecule has 0 radical (unpaired) electrons. The number of benzene rings is 1. The summed E-state index contributed by atoms with van der Waals surface area (Å²) in [6, 6.07) is 8.80. The lowest BCUT2D eigenvalue weighted by Crippen LogP contribution is -2.30. The first-order valence-electron chi connectivity index (χ1n) is 5.70. The van der Waals surface area contributed by atoms with Gasteiger partial charge >= 0.3 is 0 Å². The molecule has 0 fully saturated rings. The molecule has 1 aromatic heterocycles. The maximum Gasteiger partial charge on any atom is 0.291 e. The topological polar surface area (TPSA) is 64.1 Å². The Morgan fingerprint density at radius 1 is 1.30 bits per heavy atom. The van der Waals surface area contributed by atoms with Crippen LogP contribution in [0.3, 0.4) is 0 Å². The summed E-state index contributed by atoms with van der Waals surface area (Å²) in [5.74, 6) is 0.0616. The quantitative estimate of drug-likeness (QED) is 0.922. The molecule has 0 saturated carbocycles. The number of amides is 1. The van der Waals surface area contributed by atoms with Gasteiger partial charge < -0.3 is 4.74 Å². The van der Waals surface area contributed by atoms with E-state index in [1.54, 1.807) is 31.2 Å². The summed E-state index contributed by atoms with van der Waals surface area (Å²) in [5, 5.41) is 8.72. The molecule has 1 aromatic carbocycles. The summed E-state index contributed by atoms with van der Waals surface area (Å²) >= 11 is 0.633. The average Bonchev–Trinajstić information content (AvgIpc) is 2.88. The number of nitrogens with one attached hydrogen (secondary N) is 1. The normalized spacial score (nSPS) is 12.2. The monoisotopic (exact) mass is 299 g/mol. The molecule has 0 saturated heterocycles. The van der Waals surface area contributed by atoms with Crippen molar-refractivity contribution in [2.45, 2.75) is 19.5 Å². The second-order valence-corrected chi connectivity index (χ2v) is 4.82. The van der Waals surface area contributed by atoms with Crippen LogP contribution < -0.4 is 10.1 Å². The Morgan fingerprint density at radius 3 is 2.60 bits per heavy atom. The molecule has 1 N–H and O–H groups in total. The first-order valence-corrected chi connectivity index (χ1v) is 6.52. The van der Waals surface area contributed by atoms with E-state index in [1.165, 1.54) is 0 Å². The number of ether oxygens (including phenoxy) is 1. The van der Waals surface area contributed by atoms with Gasteiger partial charge in [0.05, 0.1) is 0 Å². The molecule has 1 atom stereocenters. The summed E-state index contributed by atoms with van der Waals surface area (Å²) in [5.41, 5.74) is 0. The van der Waals surface area contributed by atoms with Crippen molar-refractivity contribution in [3.05, 3.63) is 35.3 Å². The number of alkyl halides is 2. The van der Waals surface area contributed by atoms with Crippen molar-refractivity contribution in [1.29, 1.82) is 0 Å². The van der Waals surface area contributed by atoms with E-state index in [1.807, 2.05) is 6.07 Å². The molecular formula is C12H11F2N3O2S. The zero-order chi connectivity index (χ0) is 14.5. The van der Waals surface area contributed by atoms with Crippen LogP contribution in [0.25, 0.3) is 0 Å². The van der Waals surface area contributed by atoms with Gasteiger partial charge in [0, 0.05) is 0 Å². The number of anilines is 1. The molecule has 0 aliphatic rings. The van der Waals surface area contributed by atoms with Crippen LogP contribution in [-0.4, -0.2) is 22.2 Å². The van der Waals surface area contributed by atoms with Crippen LogP contribution in [0.5, 0.6) is 5.75 Å². The number of carbonyl (C=O) groups excluding carboxylic acids is 1. The molecule has 5 nitrogen and oxygen atoms in total. The number of para-hydroxylation sites is 1. The van der Waals surface area contributed by atoms with Crippen molar-refractivity contribution in [1.82, 2.24) is 10.2 Å². The van der Waals surface area contributed by atoms with Gasteiger partial charge in [-0.3, -0.25) is 10.1 Å². The minimum Gasteiger partial charge on any atom is -0.481 e. The van der Waals surface area contributed by atoms with Crippen LogP contribution in [0.15, 0.2) is 30.3 Å². The predicted octanol–water partition coefficient (Wildman–Crippen LogP) is 2.88. The van der Waals surface area contributed by atoms with Crippen molar-refractivity contribution in [2.75, 3.05) is 5.32 Å². The number of hydrogen-bond acceptors (Lipinski definition) is 5. The standard InChI is InChI=1S/C12H11F2N3O2S/c1-7(19-8-5-3-2-4-6-8)10(18)15-12-17-16-11(20-12)9(13)14/h2-7,9H,1H3,(H,15,17,18). The lowest BCUT2D eigenvalue weighted by Gasteiger charge is -2.13. The zero-order valence-electron chi connectivity index (χ0n) is 10.4. The fourth-order valence-electron chi connectivity index (χ4n) is 1.34. The number of aromatic nitrogens is 2. The Kier molecular flexibility index (Phi) is 4.57. The molecule has 2 rings (SSSR count). The summed E-state index contributed by atoms with van der Waals surface area (Å²) in [4.78, 5) is 11.8. The second kappa shape index (κ2) is 6.38. The van der Waals surface area contributed by atoms with E-state index < -0.39 is 23.4 Å². The van der Waals surface area contributed by atoms with Crippen molar-refractivity contribution < 1.29 is 18.3 Å². The largest absolute Gasteiger partial charge is 0.481 e. The SMILES string of the molecule is CC(Oc1ccccc1)C(=O)Nc1nnc(C(F)F)s1. The maximum absolute atomic E-state index is 12.3. The van der Waals surface area contributed by atoms with Gasteiger partial charge in [-0.05, 0) is 19.1 Å². The number of carbonyl (C=O) groups is 1. The third kappa shape index (κ3) is 3.70. The zero-order valence-corrected chi connectivity index (χ0v) is 11.2. The lowest BCUT2D eigenvalue weighted by molar-refractivity contribution is -0.122. The Morgan fingerprint density at radius 2 is 2.00 bits per heavy atom. The Hall–Kier alpha value is -2.09. The highest BCUT2D eigenvalue weighted by Crippen LogP contribution is 2.25. The highest BCUT2D eigenvalue weighted by atomic mass is 32.1. The van der Waals surface area contributed by atoms with Crippen LogP contribution in [0.4, 0.5) is 13.9 Å². The molecule has 0 spiro atoms. The van der Waals surface area contributed by atoms with E-state index in [0.717, 1.165) is 0 Å². The molecule has 0 aliphatic heterocycles. The summed E-state index contributed by atoms with van der Waals surface area (Å²) in [6.07, 6.45) is -3.48. The van der Waals surface area contributed by atoms with Crippen LogP contribution in [-0.2, 0) is 4.79 Å². The molecule has 20 heavy (non-hydrogen) atoms. The minimum atomic E-state index is -2.70. The van der Waals surface area contributed by atoms with E-state index in [-0.39, 0.29) is 5.13 Å². The Labute approximate surface area is 117 Å². The fraction of sp³-hybridized carbons (Fsp3) is 0.250. The first-order chi connectivity index (χ1) is 9.56. The lowest BCUT2D eigenvalue weighted by atomic mass is 10.3. The van der Waals surface area contributed by atoms with Gasteiger partial charge in [0.15, 0.2) is 11.1 Å². The van der Waals surface area contributed by atoms with E-state index in [9.17, 15) is 13.6 Å². The van der Waals surface area contributed by atoms with E-state index in [0.29, 0.717) is 17.1 Å². The van der Waals surface area contributed by atoms with Gasteiger partial charge in [-0.2, -0.15) is 0 Å². The number of halogens is 2. The van der Waals surface area contributed by atoms with Crippen LogP contribution in [0.1, 0.15) is 18.4 Å². The third-order valence-corrected chi connectivity index (χ3v) is 3.13. The van der Waals surface area contributed by atoms with E-state index >= 15 is 0 Å². The molecular weight excluding hydrogens is 288 g/mol. The van der Waals surface area contributed by atoms with Crippen LogP contribution >= 0.6 is 11.3 Å². The third-order valence-electron chi connectivity index (χ3n) is 2.28. The van der Waals surface area contributed by atoms with Crippen molar-refractivity contribution in [3.8, 4) is 5.75 Å². The summed E-state index contributed by atoms with van der Waals surface area (Å²) in [6.45, 7) is 1.55. The Bertz CT molecular complexity index is 577. The predicted molar refractivity (Wildman–Crippen MR) is 70.0 cm³/mol. The van der Waals surface area contributed by atoms with Crippen molar-refractivity contribution in [3.63, 3.8) is 0 Å². The molecule has 8 heteroatoms. The second-order valence-electron chi connectivity index (χ2n) is 3.81.